The molecule has 248 valence electrons. The Hall–Kier alpha value is -3.14. The van der Waals surface area contributed by atoms with Gasteiger partial charge >= 0.3 is 11.9 Å². The van der Waals surface area contributed by atoms with E-state index in [2.05, 4.69) is 74.6 Å². The third-order valence-corrected chi connectivity index (χ3v) is 6.64. The number of carboxylic acid groups (broad SMARTS) is 2. The third-order valence-electron chi connectivity index (χ3n) is 6.64. The van der Waals surface area contributed by atoms with Crippen molar-refractivity contribution in [3.05, 3.63) is 97.2 Å². The molecule has 0 aromatic carbocycles. The summed E-state index contributed by atoms with van der Waals surface area (Å²) in [6.07, 6.45) is 55.1. The van der Waals surface area contributed by atoms with E-state index < -0.39 is 11.9 Å². The fourth-order valence-electron chi connectivity index (χ4n) is 4.13. The second kappa shape index (κ2) is 39.9. The molecule has 0 unspecified atom stereocenters. The van der Waals surface area contributed by atoms with Gasteiger partial charge in [-0.25, -0.2) is 4.79 Å². The van der Waals surface area contributed by atoms with Crippen molar-refractivity contribution >= 4 is 11.9 Å². The maximum absolute atomic E-state index is 10.3. The Bertz CT molecular complexity index is 868. The van der Waals surface area contributed by atoms with E-state index in [4.69, 9.17) is 10.2 Å². The zero-order valence-electron chi connectivity index (χ0n) is 28.1. The summed E-state index contributed by atoms with van der Waals surface area (Å²) in [6.45, 7) is 4.41. The lowest BCUT2D eigenvalue weighted by molar-refractivity contribution is -0.137. The van der Waals surface area contributed by atoms with Gasteiger partial charge in [0.15, 0.2) is 0 Å². The summed E-state index contributed by atoms with van der Waals surface area (Å²) >= 11 is 0. The fourth-order valence-corrected chi connectivity index (χ4v) is 4.13. The van der Waals surface area contributed by atoms with E-state index >= 15 is 0 Å². The van der Waals surface area contributed by atoms with E-state index in [1.165, 1.54) is 63.9 Å². The van der Waals surface area contributed by atoms with Crippen molar-refractivity contribution in [3.8, 4) is 0 Å². The smallest absolute Gasteiger partial charge is 0.328 e. The van der Waals surface area contributed by atoms with Gasteiger partial charge in [0.25, 0.3) is 0 Å². The van der Waals surface area contributed by atoms with Crippen LogP contribution < -0.4 is 0 Å². The molecule has 44 heavy (non-hydrogen) atoms. The van der Waals surface area contributed by atoms with Crippen molar-refractivity contribution in [3.63, 3.8) is 0 Å². The molecule has 0 aromatic heterocycles. The van der Waals surface area contributed by atoms with E-state index in [-0.39, 0.29) is 0 Å². The number of hydrogen-bond acceptors (Lipinski definition) is 2. The zero-order valence-corrected chi connectivity index (χ0v) is 28.1. The van der Waals surface area contributed by atoms with E-state index in [1.807, 2.05) is 18.2 Å². The van der Waals surface area contributed by atoms with E-state index in [9.17, 15) is 9.59 Å². The zero-order chi connectivity index (χ0) is 32.6. The first-order valence-corrected chi connectivity index (χ1v) is 17.3. The largest absolute Gasteiger partial charge is 0.481 e. The first kappa shape index (κ1) is 43.0. The molecule has 0 spiro atoms. The van der Waals surface area contributed by atoms with Gasteiger partial charge in [-0.15, -0.1) is 0 Å². The molecule has 0 radical (unpaired) electrons. The summed E-state index contributed by atoms with van der Waals surface area (Å²) < 4.78 is 0. The van der Waals surface area contributed by atoms with Gasteiger partial charge in [-0.2, -0.15) is 0 Å². The van der Waals surface area contributed by atoms with Crippen LogP contribution in [0.1, 0.15) is 142 Å². The van der Waals surface area contributed by atoms with Crippen molar-refractivity contribution in [1.29, 1.82) is 0 Å². The van der Waals surface area contributed by atoms with Gasteiger partial charge < -0.3 is 10.2 Å². The van der Waals surface area contributed by atoms with Crippen LogP contribution >= 0.6 is 0 Å². The minimum Gasteiger partial charge on any atom is -0.481 e. The highest BCUT2D eigenvalue weighted by atomic mass is 16.4. The van der Waals surface area contributed by atoms with Crippen molar-refractivity contribution in [2.75, 3.05) is 0 Å². The highest BCUT2D eigenvalue weighted by Crippen LogP contribution is 2.10. The van der Waals surface area contributed by atoms with Crippen LogP contribution in [0.3, 0.4) is 0 Å². The van der Waals surface area contributed by atoms with Crippen molar-refractivity contribution in [2.45, 2.75) is 142 Å². The highest BCUT2D eigenvalue weighted by Gasteiger charge is 1.95. The monoisotopic (exact) mass is 608 g/mol. The Labute approximate surface area is 270 Å². The molecule has 0 aromatic rings. The van der Waals surface area contributed by atoms with Gasteiger partial charge in [0.2, 0.25) is 0 Å². The summed E-state index contributed by atoms with van der Waals surface area (Å²) in [6, 6.07) is 0. The molecule has 0 heterocycles. The van der Waals surface area contributed by atoms with E-state index in [0.29, 0.717) is 6.42 Å². The van der Waals surface area contributed by atoms with Crippen LogP contribution in [0.5, 0.6) is 0 Å². The number of aliphatic carboxylic acids is 2. The first-order chi connectivity index (χ1) is 21.5. The predicted octanol–water partition coefficient (Wildman–Crippen LogP) is 12.4. The summed E-state index contributed by atoms with van der Waals surface area (Å²) in [5.41, 5.74) is 0. The lowest BCUT2D eigenvalue weighted by Gasteiger charge is -2.00. The second-order valence-corrected chi connectivity index (χ2v) is 10.9. The Morgan fingerprint density at radius 1 is 0.455 bits per heavy atom. The van der Waals surface area contributed by atoms with Crippen LogP contribution in [0.4, 0.5) is 0 Å². The SMILES string of the molecule is CCC=CCC=CCC=CCC=CCCCCCCC(=O)O.CCCCCCCCCCCC=CC=CC=CC=CC(=O)O. The highest BCUT2D eigenvalue weighted by molar-refractivity contribution is 5.80. The van der Waals surface area contributed by atoms with Crippen LogP contribution in [-0.4, -0.2) is 22.2 Å². The predicted molar refractivity (Wildman–Crippen MR) is 192 cm³/mol. The molecule has 0 saturated carbocycles. The molecule has 0 aliphatic rings. The molecule has 0 aliphatic carbocycles. The minimum absolute atomic E-state index is 0.309. The maximum atomic E-state index is 10.3. The van der Waals surface area contributed by atoms with Gasteiger partial charge in [-0.1, -0.05) is 169 Å². The van der Waals surface area contributed by atoms with Gasteiger partial charge in [0, 0.05) is 12.5 Å². The summed E-state index contributed by atoms with van der Waals surface area (Å²) in [4.78, 5) is 20.5. The number of hydrogen-bond donors (Lipinski definition) is 2. The van der Waals surface area contributed by atoms with Crippen LogP contribution in [0.2, 0.25) is 0 Å². The van der Waals surface area contributed by atoms with Gasteiger partial charge in [-0.05, 0) is 57.8 Å². The number of carboxylic acids is 2. The van der Waals surface area contributed by atoms with Crippen molar-refractivity contribution in [1.82, 2.24) is 0 Å². The lowest BCUT2D eigenvalue weighted by Crippen LogP contribution is -1.93. The van der Waals surface area contributed by atoms with Gasteiger partial charge in [-0.3, -0.25) is 4.79 Å². The first-order valence-electron chi connectivity index (χ1n) is 17.3. The van der Waals surface area contributed by atoms with Crippen LogP contribution in [0.25, 0.3) is 0 Å². The Morgan fingerprint density at radius 3 is 1.41 bits per heavy atom. The number of rotatable bonds is 28. The Morgan fingerprint density at radius 2 is 0.886 bits per heavy atom. The molecular formula is C40H64O4. The quantitative estimate of drug-likeness (QED) is 0.0401. The molecule has 4 nitrogen and oxygen atoms in total. The molecule has 0 bridgehead atoms. The summed E-state index contributed by atoms with van der Waals surface area (Å²) in [7, 11) is 0. The number of unbranched alkanes of at least 4 members (excludes halogenated alkanes) is 13. The Balaban J connectivity index is 0. The molecule has 0 rings (SSSR count). The van der Waals surface area contributed by atoms with Crippen molar-refractivity contribution in [2.24, 2.45) is 0 Å². The molecule has 0 aliphatic heterocycles. The van der Waals surface area contributed by atoms with Crippen LogP contribution in [-0.2, 0) is 9.59 Å². The van der Waals surface area contributed by atoms with Gasteiger partial charge in [0.05, 0.1) is 0 Å². The van der Waals surface area contributed by atoms with Crippen molar-refractivity contribution < 1.29 is 19.8 Å². The average Bonchev–Trinajstić information content (AvgIpc) is 3.00. The molecule has 0 fully saturated rings. The average molecular weight is 609 g/mol. The Kier molecular flexibility index (Phi) is 38.9. The number of allylic oxidation sites excluding steroid dienone is 15. The van der Waals surface area contributed by atoms with Gasteiger partial charge in [0.1, 0.15) is 0 Å². The molecule has 0 atom stereocenters. The molecular weight excluding hydrogens is 544 g/mol. The topological polar surface area (TPSA) is 74.6 Å². The fraction of sp³-hybridized carbons (Fsp3) is 0.550. The van der Waals surface area contributed by atoms with Crippen LogP contribution in [0, 0.1) is 0 Å². The standard InChI is InChI=1S/2C20H32O2/c2*1-2-3-4-5-6-7-8-9-10-11-12-13-14-15-16-17-18-19-20(21)22/h12-19H,2-11H2,1H3,(H,21,22);3-4,6-7,9-10,12-13H,2,5,8,11,14-19H2,1H3,(H,21,22). The van der Waals surface area contributed by atoms with E-state index in [1.54, 1.807) is 6.08 Å². The maximum Gasteiger partial charge on any atom is 0.328 e. The summed E-state index contributed by atoms with van der Waals surface area (Å²) in [5.74, 6) is -1.60. The minimum atomic E-state index is -0.922. The molecule has 2 N–H and O–H groups in total. The van der Waals surface area contributed by atoms with E-state index in [0.717, 1.165) is 70.3 Å². The number of carbonyl (C=O) groups is 2. The molecule has 4 heteroatoms. The summed E-state index contributed by atoms with van der Waals surface area (Å²) in [5, 5.41) is 16.9. The second-order valence-electron chi connectivity index (χ2n) is 10.9. The third kappa shape index (κ3) is 45.8. The lowest BCUT2D eigenvalue weighted by atomic mass is 10.1. The molecule has 0 saturated heterocycles. The van der Waals surface area contributed by atoms with Crippen LogP contribution in [0.15, 0.2) is 97.2 Å². The molecule has 0 amide bonds. The normalized spacial score (nSPS) is 12.4.